The Morgan fingerprint density at radius 3 is 1.91 bits per heavy atom. The number of rotatable bonds is 2. The lowest BCUT2D eigenvalue weighted by atomic mass is 9.89. The van der Waals surface area contributed by atoms with Crippen LogP contribution >= 0.6 is 0 Å². The Morgan fingerprint density at radius 2 is 1.06 bits per heavy atom. The topological polar surface area (TPSA) is 20.2 Å². The van der Waals surface area contributed by atoms with Crippen LogP contribution in [0.3, 0.4) is 0 Å². The molecule has 0 aliphatic carbocycles. The minimum atomic E-state index is 0.396. The van der Waals surface area contributed by atoms with Crippen molar-refractivity contribution in [2.75, 3.05) is 0 Å². The van der Waals surface area contributed by atoms with Crippen molar-refractivity contribution in [3.8, 4) is 5.75 Å². The van der Waals surface area contributed by atoms with Gasteiger partial charge in [0.05, 0.1) is 0 Å². The van der Waals surface area contributed by atoms with E-state index in [1.807, 2.05) is 0 Å². The number of fused-ring (bicyclic) bond motifs is 3. The normalized spacial score (nSPS) is 12.0. The van der Waals surface area contributed by atoms with Crippen molar-refractivity contribution in [2.24, 2.45) is 0 Å². The highest BCUT2D eigenvalue weighted by Crippen LogP contribution is 2.41. The molecule has 0 amide bonds. The van der Waals surface area contributed by atoms with E-state index in [2.05, 4.69) is 103 Å². The van der Waals surface area contributed by atoms with Crippen LogP contribution in [0.2, 0.25) is 0 Å². The molecule has 0 aliphatic rings. The number of hydrogen-bond donors (Lipinski definition) is 1. The Hall–Kier alpha value is -4.10. The molecule has 0 saturated carbocycles. The van der Waals surface area contributed by atoms with Gasteiger partial charge < -0.3 is 5.11 Å². The second kappa shape index (κ2) is 6.45. The van der Waals surface area contributed by atoms with Crippen molar-refractivity contribution < 1.29 is 5.11 Å². The molecule has 7 aromatic carbocycles. The molecule has 0 fully saturated rings. The van der Waals surface area contributed by atoms with Gasteiger partial charge in [-0.05, 0) is 66.3 Å². The highest BCUT2D eigenvalue weighted by Gasteiger charge is 2.16. The molecule has 0 spiro atoms. The number of phenolic OH excluding ortho intramolecular Hbond substituents is 1. The lowest BCUT2D eigenvalue weighted by molar-refractivity contribution is 0.476. The maximum absolute atomic E-state index is 11.4. The Labute approximate surface area is 185 Å². The fraction of sp³-hybridized carbons (Fsp3) is 0.0323. The molecule has 0 radical (unpaired) electrons. The van der Waals surface area contributed by atoms with E-state index in [0.29, 0.717) is 12.2 Å². The quantitative estimate of drug-likeness (QED) is 0.286. The fourth-order valence-corrected chi connectivity index (χ4v) is 5.47. The molecular formula is C31H20O. The molecule has 0 heterocycles. The molecule has 150 valence electrons. The van der Waals surface area contributed by atoms with Crippen molar-refractivity contribution in [2.45, 2.75) is 6.42 Å². The molecule has 0 unspecified atom stereocenters. The summed E-state index contributed by atoms with van der Waals surface area (Å²) in [7, 11) is 0. The van der Waals surface area contributed by atoms with E-state index in [0.717, 1.165) is 16.3 Å². The van der Waals surface area contributed by atoms with Crippen LogP contribution in [0.1, 0.15) is 11.1 Å². The Bertz CT molecular complexity index is 1790. The molecule has 1 heteroatoms. The first-order valence-corrected chi connectivity index (χ1v) is 11.1. The van der Waals surface area contributed by atoms with Gasteiger partial charge in [0.15, 0.2) is 0 Å². The number of benzene rings is 7. The van der Waals surface area contributed by atoms with Crippen molar-refractivity contribution >= 4 is 53.9 Å². The van der Waals surface area contributed by atoms with E-state index < -0.39 is 0 Å². The summed E-state index contributed by atoms with van der Waals surface area (Å²) in [6, 6.07) is 36.5. The number of phenols is 1. The summed E-state index contributed by atoms with van der Waals surface area (Å²) in [6.07, 6.45) is 0.688. The molecule has 0 bridgehead atoms. The minimum Gasteiger partial charge on any atom is -0.507 e. The average Bonchev–Trinajstić information content (AvgIpc) is 2.84. The van der Waals surface area contributed by atoms with Crippen molar-refractivity contribution in [1.29, 1.82) is 0 Å². The van der Waals surface area contributed by atoms with Gasteiger partial charge in [-0.1, -0.05) is 91.0 Å². The lowest BCUT2D eigenvalue weighted by Gasteiger charge is -2.16. The third-order valence-electron chi connectivity index (χ3n) is 6.93. The summed E-state index contributed by atoms with van der Waals surface area (Å²) >= 11 is 0. The van der Waals surface area contributed by atoms with Crippen LogP contribution in [0.15, 0.2) is 103 Å². The molecule has 1 nitrogen and oxygen atoms in total. The van der Waals surface area contributed by atoms with Gasteiger partial charge in [-0.2, -0.15) is 0 Å². The van der Waals surface area contributed by atoms with Gasteiger partial charge in [0.25, 0.3) is 0 Å². The van der Waals surface area contributed by atoms with Gasteiger partial charge in [0.2, 0.25) is 0 Å². The molecule has 0 saturated heterocycles. The first-order chi connectivity index (χ1) is 15.8. The second-order valence-corrected chi connectivity index (χ2v) is 8.72. The fourth-order valence-electron chi connectivity index (χ4n) is 5.47. The first-order valence-electron chi connectivity index (χ1n) is 11.1. The molecule has 7 aromatic rings. The third-order valence-corrected chi connectivity index (χ3v) is 6.93. The summed E-state index contributed by atoms with van der Waals surface area (Å²) in [5, 5.41) is 23.3. The summed E-state index contributed by atoms with van der Waals surface area (Å²) in [6.45, 7) is 0. The average molecular weight is 409 g/mol. The van der Waals surface area contributed by atoms with E-state index in [1.54, 1.807) is 0 Å². The zero-order chi connectivity index (χ0) is 21.2. The largest absolute Gasteiger partial charge is 0.507 e. The van der Waals surface area contributed by atoms with Crippen LogP contribution < -0.4 is 0 Å². The third kappa shape index (κ3) is 2.39. The van der Waals surface area contributed by atoms with Crippen molar-refractivity contribution in [3.63, 3.8) is 0 Å². The Kier molecular flexibility index (Phi) is 3.54. The van der Waals surface area contributed by atoms with Gasteiger partial charge in [-0.3, -0.25) is 0 Å². The SMILES string of the molecule is Oc1c(Cc2cc3ccccc3c3ccccc23)cc2ccc3cccc4ccc1c2c34. The summed E-state index contributed by atoms with van der Waals surface area (Å²) in [5.41, 5.74) is 2.21. The van der Waals surface area contributed by atoms with Gasteiger partial charge >= 0.3 is 0 Å². The molecule has 0 aromatic heterocycles. The monoisotopic (exact) mass is 408 g/mol. The van der Waals surface area contributed by atoms with Crippen LogP contribution in [0.5, 0.6) is 5.75 Å². The van der Waals surface area contributed by atoms with Crippen LogP contribution in [0, 0.1) is 0 Å². The molecule has 0 aliphatic heterocycles. The Balaban J connectivity index is 1.50. The zero-order valence-electron chi connectivity index (χ0n) is 17.5. The van der Waals surface area contributed by atoms with Crippen molar-refractivity contribution in [3.05, 3.63) is 114 Å². The summed E-state index contributed by atoms with van der Waals surface area (Å²) in [5.74, 6) is 0.396. The van der Waals surface area contributed by atoms with E-state index in [1.165, 1.54) is 48.7 Å². The smallest absolute Gasteiger partial charge is 0.126 e. The van der Waals surface area contributed by atoms with Gasteiger partial charge in [-0.25, -0.2) is 0 Å². The minimum absolute atomic E-state index is 0.396. The van der Waals surface area contributed by atoms with Gasteiger partial charge in [-0.15, -0.1) is 0 Å². The predicted molar refractivity (Wildman–Crippen MR) is 136 cm³/mol. The van der Waals surface area contributed by atoms with E-state index >= 15 is 0 Å². The summed E-state index contributed by atoms with van der Waals surface area (Å²) in [4.78, 5) is 0. The van der Waals surface area contributed by atoms with E-state index in [-0.39, 0.29) is 0 Å². The first kappa shape index (κ1) is 17.6. The van der Waals surface area contributed by atoms with Gasteiger partial charge in [0.1, 0.15) is 5.75 Å². The molecule has 1 N–H and O–H groups in total. The van der Waals surface area contributed by atoms with Crippen LogP contribution in [-0.4, -0.2) is 5.11 Å². The van der Waals surface area contributed by atoms with Crippen LogP contribution in [0.25, 0.3) is 53.9 Å². The second-order valence-electron chi connectivity index (χ2n) is 8.72. The number of aromatic hydroxyl groups is 1. The highest BCUT2D eigenvalue weighted by molar-refractivity contribution is 6.24. The lowest BCUT2D eigenvalue weighted by Crippen LogP contribution is -1.94. The molecule has 7 rings (SSSR count). The maximum atomic E-state index is 11.4. The molecule has 0 atom stereocenters. The predicted octanol–water partition coefficient (Wildman–Crippen LogP) is 8.19. The Morgan fingerprint density at radius 1 is 0.438 bits per heavy atom. The van der Waals surface area contributed by atoms with Crippen LogP contribution in [-0.2, 0) is 6.42 Å². The zero-order valence-corrected chi connectivity index (χ0v) is 17.5. The number of hydrogen-bond acceptors (Lipinski definition) is 1. The van der Waals surface area contributed by atoms with Gasteiger partial charge in [0, 0.05) is 17.2 Å². The van der Waals surface area contributed by atoms with E-state index in [4.69, 9.17) is 0 Å². The van der Waals surface area contributed by atoms with Crippen molar-refractivity contribution in [1.82, 2.24) is 0 Å². The molecule has 32 heavy (non-hydrogen) atoms. The molecular weight excluding hydrogens is 388 g/mol. The van der Waals surface area contributed by atoms with E-state index in [9.17, 15) is 5.11 Å². The standard InChI is InChI=1S/C31H20O/c32-31-24(17-22-13-12-19-7-5-8-20-14-15-28(31)30(22)29(19)20)18-23-16-21-6-1-2-9-25(21)27-11-4-3-10-26(23)27/h1-17,32H,18H2. The van der Waals surface area contributed by atoms with Crippen LogP contribution in [0.4, 0.5) is 0 Å². The maximum Gasteiger partial charge on any atom is 0.126 e. The summed E-state index contributed by atoms with van der Waals surface area (Å²) < 4.78 is 0. The highest BCUT2D eigenvalue weighted by atomic mass is 16.3.